The van der Waals surface area contributed by atoms with Crippen molar-refractivity contribution < 1.29 is 14.6 Å². The number of hydrogen-bond acceptors (Lipinski definition) is 3. The molecule has 0 fully saturated rings. The summed E-state index contributed by atoms with van der Waals surface area (Å²) in [7, 11) is 0. The van der Waals surface area contributed by atoms with E-state index in [4.69, 9.17) is 9.84 Å². The van der Waals surface area contributed by atoms with Gasteiger partial charge in [-0.25, -0.2) is 4.79 Å². The van der Waals surface area contributed by atoms with Gasteiger partial charge in [0.1, 0.15) is 0 Å². The second kappa shape index (κ2) is 7.14. The van der Waals surface area contributed by atoms with Crippen LogP contribution in [0.4, 0.5) is 4.79 Å². The van der Waals surface area contributed by atoms with Crippen LogP contribution in [-0.4, -0.2) is 41.4 Å². The van der Waals surface area contributed by atoms with Gasteiger partial charge < -0.3 is 14.7 Å². The van der Waals surface area contributed by atoms with E-state index in [1.165, 1.54) is 4.90 Å². The van der Waals surface area contributed by atoms with Gasteiger partial charge >= 0.3 is 6.09 Å². The van der Waals surface area contributed by atoms with E-state index in [-0.39, 0.29) is 24.8 Å². The van der Waals surface area contributed by atoms with Crippen LogP contribution in [0.3, 0.4) is 0 Å². The predicted octanol–water partition coefficient (Wildman–Crippen LogP) is 2.46. The van der Waals surface area contributed by atoms with Crippen LogP contribution in [0.25, 0.3) is 0 Å². The number of carbonyl (C=O) groups is 1. The summed E-state index contributed by atoms with van der Waals surface area (Å²) in [5.41, 5.74) is 0.784. The van der Waals surface area contributed by atoms with Gasteiger partial charge in [0.05, 0.1) is 13.2 Å². The summed E-state index contributed by atoms with van der Waals surface area (Å²) in [5.74, 6) is 0. The Morgan fingerprint density at radius 3 is 2.42 bits per heavy atom. The second-order valence-electron chi connectivity index (χ2n) is 5.40. The first-order chi connectivity index (χ1) is 8.95. The maximum Gasteiger partial charge on any atom is 0.410 e. The minimum Gasteiger partial charge on any atom is -0.449 e. The molecule has 0 spiro atoms. The summed E-state index contributed by atoms with van der Waals surface area (Å²) in [4.78, 5) is 13.5. The van der Waals surface area contributed by atoms with Crippen LogP contribution in [-0.2, 0) is 11.2 Å². The average molecular weight is 265 g/mol. The number of hydrogen-bond donors (Lipinski definition) is 1. The zero-order chi connectivity index (χ0) is 14.3. The molecule has 1 rings (SSSR count). The number of carbonyl (C=O) groups excluding carboxylic acids is 1. The van der Waals surface area contributed by atoms with Crippen molar-refractivity contribution in [3.63, 3.8) is 0 Å². The topological polar surface area (TPSA) is 49.8 Å². The molecule has 0 radical (unpaired) electrons. The van der Waals surface area contributed by atoms with Crippen LogP contribution in [0, 0.1) is 0 Å². The molecule has 0 heterocycles. The maximum atomic E-state index is 12.0. The zero-order valence-corrected chi connectivity index (χ0v) is 11.9. The van der Waals surface area contributed by atoms with Crippen molar-refractivity contribution in [2.75, 3.05) is 19.8 Å². The van der Waals surface area contributed by atoms with Gasteiger partial charge in [-0.3, -0.25) is 0 Å². The molecule has 0 bridgehead atoms. The van der Waals surface area contributed by atoms with E-state index >= 15 is 0 Å². The van der Waals surface area contributed by atoms with E-state index in [2.05, 4.69) is 0 Å². The van der Waals surface area contributed by atoms with E-state index in [1.807, 2.05) is 51.1 Å². The Bertz CT molecular complexity index is 384. The van der Waals surface area contributed by atoms with Gasteiger partial charge in [-0.05, 0) is 26.3 Å². The molecule has 4 nitrogen and oxygen atoms in total. The molecular formula is C15H23NO3. The normalized spacial score (nSPS) is 11.2. The van der Waals surface area contributed by atoms with Gasteiger partial charge in [0.2, 0.25) is 0 Å². The number of aliphatic hydroxyl groups is 1. The first-order valence-electron chi connectivity index (χ1n) is 6.54. The van der Waals surface area contributed by atoms with Gasteiger partial charge in [0.25, 0.3) is 0 Å². The Kier molecular flexibility index (Phi) is 5.83. The fraction of sp³-hybridized carbons (Fsp3) is 0.533. The fourth-order valence-corrected chi connectivity index (χ4v) is 1.78. The summed E-state index contributed by atoms with van der Waals surface area (Å²) < 4.78 is 5.26. The molecule has 19 heavy (non-hydrogen) atoms. The van der Waals surface area contributed by atoms with E-state index < -0.39 is 0 Å². The Hall–Kier alpha value is -1.55. The van der Waals surface area contributed by atoms with E-state index in [0.717, 1.165) is 5.56 Å². The van der Waals surface area contributed by atoms with Gasteiger partial charge in [-0.15, -0.1) is 0 Å². The lowest BCUT2D eigenvalue weighted by molar-refractivity contribution is 0.0586. The van der Waals surface area contributed by atoms with Gasteiger partial charge in [-0.2, -0.15) is 0 Å². The summed E-state index contributed by atoms with van der Waals surface area (Å²) >= 11 is 0. The minimum absolute atomic E-state index is 0.0644. The van der Waals surface area contributed by atoms with E-state index in [1.54, 1.807) is 0 Å². The molecule has 1 aromatic rings. The molecule has 0 aliphatic rings. The number of nitrogens with zero attached hydrogens (tertiary/aromatic N) is 1. The van der Waals surface area contributed by atoms with Crippen molar-refractivity contribution >= 4 is 6.09 Å². The van der Waals surface area contributed by atoms with Crippen LogP contribution in [0.15, 0.2) is 30.3 Å². The van der Waals surface area contributed by atoms with Crippen molar-refractivity contribution in [2.45, 2.75) is 32.7 Å². The standard InChI is InChI=1S/C15H23NO3/c1-15(2,3)16(10-11-17)14(18)19-12-9-13-7-5-4-6-8-13/h4-8,17H,9-12H2,1-3H3. The van der Waals surface area contributed by atoms with Crippen LogP contribution < -0.4 is 0 Å². The monoisotopic (exact) mass is 265 g/mol. The number of rotatable bonds is 5. The smallest absolute Gasteiger partial charge is 0.410 e. The summed E-state index contributed by atoms with van der Waals surface area (Å²) in [5, 5.41) is 9.00. The minimum atomic E-state index is -0.377. The SMILES string of the molecule is CC(C)(C)N(CCO)C(=O)OCCc1ccccc1. The molecule has 0 unspecified atom stereocenters. The van der Waals surface area contributed by atoms with Crippen LogP contribution >= 0.6 is 0 Å². The van der Waals surface area contributed by atoms with Gasteiger partial charge in [0, 0.05) is 18.5 Å². The number of aliphatic hydroxyl groups excluding tert-OH is 1. The summed E-state index contributed by atoms with van der Waals surface area (Å²) in [6.45, 7) is 6.32. The maximum absolute atomic E-state index is 12.0. The predicted molar refractivity (Wildman–Crippen MR) is 75.0 cm³/mol. The van der Waals surface area contributed by atoms with Crippen LogP contribution in [0.5, 0.6) is 0 Å². The molecule has 0 aliphatic carbocycles. The van der Waals surface area contributed by atoms with Crippen molar-refractivity contribution in [3.8, 4) is 0 Å². The van der Waals surface area contributed by atoms with Crippen LogP contribution in [0.1, 0.15) is 26.3 Å². The van der Waals surface area contributed by atoms with Gasteiger partial charge in [-0.1, -0.05) is 30.3 Å². The van der Waals surface area contributed by atoms with Gasteiger partial charge in [0.15, 0.2) is 0 Å². The highest BCUT2D eigenvalue weighted by Gasteiger charge is 2.26. The molecule has 0 atom stereocenters. The lowest BCUT2D eigenvalue weighted by Crippen LogP contribution is -2.47. The van der Waals surface area contributed by atoms with E-state index in [0.29, 0.717) is 13.0 Å². The summed E-state index contributed by atoms with van der Waals surface area (Å²) in [6.07, 6.45) is 0.321. The van der Waals surface area contributed by atoms with Crippen molar-refractivity contribution in [3.05, 3.63) is 35.9 Å². The van der Waals surface area contributed by atoms with Crippen molar-refractivity contribution in [1.82, 2.24) is 4.90 Å². The third-order valence-electron chi connectivity index (χ3n) is 2.81. The van der Waals surface area contributed by atoms with Crippen molar-refractivity contribution in [1.29, 1.82) is 0 Å². The lowest BCUT2D eigenvalue weighted by Gasteiger charge is -2.34. The zero-order valence-electron chi connectivity index (χ0n) is 11.9. The summed E-state index contributed by atoms with van der Waals surface area (Å²) in [6, 6.07) is 9.89. The molecule has 1 amide bonds. The van der Waals surface area contributed by atoms with Crippen LogP contribution in [0.2, 0.25) is 0 Å². The Morgan fingerprint density at radius 2 is 1.89 bits per heavy atom. The largest absolute Gasteiger partial charge is 0.449 e. The first-order valence-corrected chi connectivity index (χ1v) is 6.54. The molecule has 0 saturated carbocycles. The number of ether oxygens (including phenoxy) is 1. The highest BCUT2D eigenvalue weighted by atomic mass is 16.6. The molecule has 0 aromatic heterocycles. The Balaban J connectivity index is 2.45. The molecule has 1 N–H and O–H groups in total. The highest BCUT2D eigenvalue weighted by Crippen LogP contribution is 2.14. The third kappa shape index (κ3) is 5.30. The molecular weight excluding hydrogens is 242 g/mol. The van der Waals surface area contributed by atoms with E-state index in [9.17, 15) is 4.79 Å². The molecule has 0 aliphatic heterocycles. The molecule has 0 saturated heterocycles. The first kappa shape index (κ1) is 15.5. The fourth-order valence-electron chi connectivity index (χ4n) is 1.78. The Morgan fingerprint density at radius 1 is 1.26 bits per heavy atom. The highest BCUT2D eigenvalue weighted by molar-refractivity contribution is 5.68. The molecule has 4 heteroatoms. The van der Waals surface area contributed by atoms with Crippen molar-refractivity contribution in [2.24, 2.45) is 0 Å². The quantitative estimate of drug-likeness (QED) is 0.889. The lowest BCUT2D eigenvalue weighted by atomic mass is 10.1. The number of β-amino-alcohol motifs (C(OH)–C–C–N with tert-alkyl or cyclic N) is 1. The Labute approximate surface area is 115 Å². The number of amides is 1. The number of benzene rings is 1. The average Bonchev–Trinajstić information content (AvgIpc) is 2.35. The molecule has 106 valence electrons. The molecule has 1 aromatic carbocycles. The second-order valence-corrected chi connectivity index (χ2v) is 5.40. The third-order valence-corrected chi connectivity index (χ3v) is 2.81.